The second kappa shape index (κ2) is 6.15. The lowest BCUT2D eigenvalue weighted by Crippen LogP contribution is -2.46. The molecule has 2 aromatic rings. The van der Waals surface area contributed by atoms with Crippen LogP contribution in [-0.2, 0) is 6.54 Å². The molecule has 3 heterocycles. The fourth-order valence-electron chi connectivity index (χ4n) is 2.27. The summed E-state index contributed by atoms with van der Waals surface area (Å²) in [4.78, 5) is 9.14. The summed E-state index contributed by atoms with van der Waals surface area (Å²) in [5.74, 6) is 1.81. The van der Waals surface area contributed by atoms with Crippen molar-refractivity contribution in [3.05, 3.63) is 28.8 Å². The SMILES string of the molecule is COc1ccc(N2CCN(Cc3nncs3)CC2)nc1. The monoisotopic (exact) mass is 291 g/mol. The molecule has 1 saturated heterocycles. The van der Waals surface area contributed by atoms with Gasteiger partial charge in [0.05, 0.1) is 19.9 Å². The maximum absolute atomic E-state index is 5.13. The predicted molar refractivity (Wildman–Crippen MR) is 78.2 cm³/mol. The molecule has 0 amide bonds. The average Bonchev–Trinajstić information content (AvgIpc) is 3.01. The van der Waals surface area contributed by atoms with E-state index in [-0.39, 0.29) is 0 Å². The van der Waals surface area contributed by atoms with Gasteiger partial charge in [-0.1, -0.05) is 0 Å². The molecule has 106 valence electrons. The summed E-state index contributed by atoms with van der Waals surface area (Å²) in [7, 11) is 1.66. The molecule has 20 heavy (non-hydrogen) atoms. The molecular weight excluding hydrogens is 274 g/mol. The van der Waals surface area contributed by atoms with Crippen molar-refractivity contribution in [3.63, 3.8) is 0 Å². The second-order valence-electron chi connectivity index (χ2n) is 4.65. The Kier molecular flexibility index (Phi) is 4.08. The summed E-state index contributed by atoms with van der Waals surface area (Å²) >= 11 is 1.61. The fraction of sp³-hybridized carbons (Fsp3) is 0.462. The number of rotatable bonds is 4. The van der Waals surface area contributed by atoms with E-state index in [9.17, 15) is 0 Å². The number of hydrogen-bond donors (Lipinski definition) is 0. The molecule has 7 heteroatoms. The summed E-state index contributed by atoms with van der Waals surface area (Å²) in [5, 5.41) is 9.05. The highest BCUT2D eigenvalue weighted by atomic mass is 32.1. The van der Waals surface area contributed by atoms with Gasteiger partial charge in [0.2, 0.25) is 0 Å². The van der Waals surface area contributed by atoms with E-state index >= 15 is 0 Å². The molecule has 0 aromatic carbocycles. The maximum Gasteiger partial charge on any atom is 0.137 e. The standard InChI is InChI=1S/C13H17N5OS/c1-19-11-2-3-12(14-8-11)18-6-4-17(5-7-18)9-13-16-15-10-20-13/h2-3,8,10H,4-7,9H2,1H3. The summed E-state index contributed by atoms with van der Waals surface area (Å²) in [6, 6.07) is 3.97. The van der Waals surface area contributed by atoms with Crippen molar-refractivity contribution in [2.45, 2.75) is 6.54 Å². The van der Waals surface area contributed by atoms with Gasteiger partial charge in [-0.3, -0.25) is 4.90 Å². The Bertz CT molecular complexity index is 522. The van der Waals surface area contributed by atoms with Gasteiger partial charge in [0, 0.05) is 26.2 Å². The van der Waals surface area contributed by atoms with Crippen molar-refractivity contribution in [2.75, 3.05) is 38.2 Å². The number of pyridine rings is 1. The second-order valence-corrected chi connectivity index (χ2v) is 5.57. The van der Waals surface area contributed by atoms with Crippen LogP contribution in [0.4, 0.5) is 5.82 Å². The topological polar surface area (TPSA) is 54.4 Å². The highest BCUT2D eigenvalue weighted by Gasteiger charge is 2.18. The number of methoxy groups -OCH3 is 1. The molecule has 0 radical (unpaired) electrons. The zero-order chi connectivity index (χ0) is 13.8. The molecule has 0 spiro atoms. The molecule has 1 aliphatic heterocycles. The van der Waals surface area contributed by atoms with Gasteiger partial charge in [0.15, 0.2) is 0 Å². The Labute approximate surface area is 122 Å². The van der Waals surface area contributed by atoms with Crippen LogP contribution < -0.4 is 9.64 Å². The van der Waals surface area contributed by atoms with Crippen LogP contribution in [0, 0.1) is 0 Å². The van der Waals surface area contributed by atoms with Crippen LogP contribution in [0.3, 0.4) is 0 Å². The van der Waals surface area contributed by atoms with Gasteiger partial charge >= 0.3 is 0 Å². The van der Waals surface area contributed by atoms with E-state index in [1.54, 1.807) is 30.2 Å². The molecule has 0 N–H and O–H groups in total. The van der Waals surface area contributed by atoms with Crippen molar-refractivity contribution in [2.24, 2.45) is 0 Å². The Balaban J connectivity index is 1.55. The number of piperazine rings is 1. The van der Waals surface area contributed by atoms with Gasteiger partial charge in [-0.25, -0.2) is 4.98 Å². The smallest absolute Gasteiger partial charge is 0.137 e. The van der Waals surface area contributed by atoms with E-state index < -0.39 is 0 Å². The van der Waals surface area contributed by atoms with Crippen LogP contribution in [0.2, 0.25) is 0 Å². The van der Waals surface area contributed by atoms with Crippen molar-refractivity contribution in [1.82, 2.24) is 20.1 Å². The zero-order valence-electron chi connectivity index (χ0n) is 11.4. The first-order valence-corrected chi connectivity index (χ1v) is 7.45. The highest BCUT2D eigenvalue weighted by molar-refractivity contribution is 7.09. The lowest BCUT2D eigenvalue weighted by atomic mass is 10.3. The van der Waals surface area contributed by atoms with E-state index in [4.69, 9.17) is 4.74 Å². The third-order valence-corrected chi connectivity index (χ3v) is 4.10. The molecule has 0 saturated carbocycles. The van der Waals surface area contributed by atoms with Crippen LogP contribution >= 0.6 is 11.3 Å². The van der Waals surface area contributed by atoms with Gasteiger partial charge in [0.25, 0.3) is 0 Å². The minimum atomic E-state index is 0.795. The molecule has 3 rings (SSSR count). The lowest BCUT2D eigenvalue weighted by Gasteiger charge is -2.34. The quantitative estimate of drug-likeness (QED) is 0.845. The Morgan fingerprint density at radius 2 is 2.10 bits per heavy atom. The number of ether oxygens (including phenoxy) is 1. The van der Waals surface area contributed by atoms with E-state index in [0.717, 1.165) is 49.3 Å². The van der Waals surface area contributed by atoms with Gasteiger partial charge in [-0.15, -0.1) is 21.5 Å². The van der Waals surface area contributed by atoms with Crippen molar-refractivity contribution in [1.29, 1.82) is 0 Å². The molecular formula is C13H17N5OS. The first-order valence-electron chi connectivity index (χ1n) is 6.57. The van der Waals surface area contributed by atoms with Crippen molar-refractivity contribution < 1.29 is 4.74 Å². The summed E-state index contributed by atoms with van der Waals surface area (Å²) in [5.41, 5.74) is 1.78. The lowest BCUT2D eigenvalue weighted by molar-refractivity contribution is 0.248. The molecule has 1 aliphatic rings. The molecule has 6 nitrogen and oxygen atoms in total. The minimum absolute atomic E-state index is 0.795. The molecule has 1 fully saturated rings. The summed E-state index contributed by atoms with van der Waals surface area (Å²) in [6.45, 7) is 4.91. The van der Waals surface area contributed by atoms with Gasteiger partial charge < -0.3 is 9.64 Å². The van der Waals surface area contributed by atoms with Crippen LogP contribution in [-0.4, -0.2) is 53.4 Å². The van der Waals surface area contributed by atoms with Crippen LogP contribution in [0.5, 0.6) is 5.75 Å². The van der Waals surface area contributed by atoms with E-state index in [1.165, 1.54) is 0 Å². The van der Waals surface area contributed by atoms with Crippen molar-refractivity contribution >= 4 is 17.2 Å². The van der Waals surface area contributed by atoms with Gasteiger partial charge in [-0.2, -0.15) is 0 Å². The van der Waals surface area contributed by atoms with Gasteiger partial charge in [-0.05, 0) is 12.1 Å². The Morgan fingerprint density at radius 3 is 2.70 bits per heavy atom. The molecule has 0 aliphatic carbocycles. The largest absolute Gasteiger partial charge is 0.495 e. The number of nitrogens with zero attached hydrogens (tertiary/aromatic N) is 5. The van der Waals surface area contributed by atoms with E-state index in [0.29, 0.717) is 0 Å². The van der Waals surface area contributed by atoms with Crippen molar-refractivity contribution in [3.8, 4) is 5.75 Å². The maximum atomic E-state index is 5.13. The molecule has 0 unspecified atom stereocenters. The van der Waals surface area contributed by atoms with Crippen LogP contribution in [0.1, 0.15) is 5.01 Å². The summed E-state index contributed by atoms with van der Waals surface area (Å²) in [6.07, 6.45) is 1.77. The average molecular weight is 291 g/mol. The first kappa shape index (κ1) is 13.3. The van der Waals surface area contributed by atoms with Crippen LogP contribution in [0.15, 0.2) is 23.8 Å². The van der Waals surface area contributed by atoms with Crippen LogP contribution in [0.25, 0.3) is 0 Å². The number of hydrogen-bond acceptors (Lipinski definition) is 7. The Hall–Kier alpha value is -1.73. The predicted octanol–water partition coefficient (Wildman–Crippen LogP) is 1.26. The minimum Gasteiger partial charge on any atom is -0.495 e. The molecule has 0 atom stereocenters. The first-order chi connectivity index (χ1) is 9.85. The number of aromatic nitrogens is 3. The van der Waals surface area contributed by atoms with E-state index in [1.807, 2.05) is 12.1 Å². The highest BCUT2D eigenvalue weighted by Crippen LogP contribution is 2.18. The zero-order valence-corrected chi connectivity index (χ0v) is 12.2. The summed E-state index contributed by atoms with van der Waals surface area (Å²) < 4.78 is 5.13. The Morgan fingerprint density at radius 1 is 1.25 bits per heavy atom. The fourth-order valence-corrected chi connectivity index (χ4v) is 2.84. The normalized spacial score (nSPS) is 16.4. The third-order valence-electron chi connectivity index (χ3n) is 3.42. The van der Waals surface area contributed by atoms with E-state index in [2.05, 4.69) is 25.0 Å². The number of anilines is 1. The molecule has 0 bridgehead atoms. The third kappa shape index (κ3) is 3.05. The van der Waals surface area contributed by atoms with Gasteiger partial charge in [0.1, 0.15) is 22.1 Å². The molecule has 2 aromatic heterocycles.